The van der Waals surface area contributed by atoms with Gasteiger partial charge in [-0.3, -0.25) is 4.57 Å². The van der Waals surface area contributed by atoms with Gasteiger partial charge in [-0.15, -0.1) is 5.92 Å². The fraction of sp³-hybridized carbons (Fsp3) is 0.167. The minimum Gasteiger partial charge on any atom is -0.496 e. The van der Waals surface area contributed by atoms with Crippen molar-refractivity contribution in [3.63, 3.8) is 0 Å². The molecule has 1 heterocycles. The van der Waals surface area contributed by atoms with E-state index in [1.165, 1.54) is 19.2 Å². The molecule has 0 bridgehead atoms. The van der Waals surface area contributed by atoms with Crippen molar-refractivity contribution in [2.75, 3.05) is 7.11 Å². The lowest BCUT2D eigenvalue weighted by molar-refractivity contribution is 0.415. The number of aromatic nitrogens is 2. The molecular weight excluding hydrogens is 295 g/mol. The van der Waals surface area contributed by atoms with Gasteiger partial charge in [0, 0.05) is 5.56 Å². The van der Waals surface area contributed by atoms with Crippen molar-refractivity contribution in [3.05, 3.63) is 52.7 Å². The topological polar surface area (TPSA) is 47.0 Å². The Morgan fingerprint density at radius 2 is 2.09 bits per heavy atom. The van der Waals surface area contributed by atoms with E-state index in [-0.39, 0.29) is 11.5 Å². The predicted molar refractivity (Wildman–Crippen MR) is 88.0 cm³/mol. The number of aromatic amines is 1. The number of halogens is 1. The summed E-state index contributed by atoms with van der Waals surface area (Å²) in [6.07, 6.45) is 0. The van der Waals surface area contributed by atoms with Crippen LogP contribution >= 0.6 is 0 Å². The number of ether oxygens (including phenoxy) is 1. The molecule has 1 aromatic heterocycles. The molecule has 0 amide bonds. The Labute approximate surface area is 132 Å². The van der Waals surface area contributed by atoms with Crippen LogP contribution in [0.25, 0.3) is 22.2 Å². The second kappa shape index (κ2) is 6.01. The van der Waals surface area contributed by atoms with E-state index in [0.29, 0.717) is 23.4 Å². The fourth-order valence-electron chi connectivity index (χ4n) is 2.55. The number of H-pyrrole nitrogens is 1. The lowest BCUT2D eigenvalue weighted by Gasteiger charge is -2.09. The van der Waals surface area contributed by atoms with Crippen molar-refractivity contribution in [3.8, 4) is 28.7 Å². The van der Waals surface area contributed by atoms with Gasteiger partial charge >= 0.3 is 5.69 Å². The minimum absolute atomic E-state index is 0.217. The number of hydrogen-bond acceptors (Lipinski definition) is 2. The highest BCUT2D eigenvalue weighted by Gasteiger charge is 2.11. The zero-order valence-corrected chi connectivity index (χ0v) is 12.8. The molecular formula is C18H15FN2O2. The number of rotatable bonds is 3. The Morgan fingerprint density at radius 1 is 1.26 bits per heavy atom. The van der Waals surface area contributed by atoms with Crippen LogP contribution in [-0.2, 0) is 6.54 Å². The van der Waals surface area contributed by atoms with Gasteiger partial charge in [0.05, 0.1) is 24.7 Å². The van der Waals surface area contributed by atoms with Crippen molar-refractivity contribution in [2.24, 2.45) is 0 Å². The molecule has 116 valence electrons. The van der Waals surface area contributed by atoms with E-state index >= 15 is 0 Å². The molecule has 2 aromatic carbocycles. The van der Waals surface area contributed by atoms with Crippen LogP contribution in [-0.4, -0.2) is 16.7 Å². The van der Waals surface area contributed by atoms with E-state index in [1.54, 1.807) is 17.6 Å². The maximum absolute atomic E-state index is 13.6. The maximum atomic E-state index is 13.6. The van der Waals surface area contributed by atoms with E-state index < -0.39 is 0 Å². The smallest absolute Gasteiger partial charge is 0.327 e. The molecule has 0 saturated heterocycles. The van der Waals surface area contributed by atoms with Crippen LogP contribution in [0.3, 0.4) is 0 Å². The van der Waals surface area contributed by atoms with Crippen LogP contribution in [0.15, 0.2) is 41.2 Å². The number of fused-ring (bicyclic) bond motifs is 1. The molecule has 3 aromatic rings. The van der Waals surface area contributed by atoms with Crippen LogP contribution in [0, 0.1) is 17.7 Å². The average molecular weight is 310 g/mol. The van der Waals surface area contributed by atoms with Gasteiger partial charge in [0.25, 0.3) is 0 Å². The largest absolute Gasteiger partial charge is 0.496 e. The maximum Gasteiger partial charge on any atom is 0.327 e. The Morgan fingerprint density at radius 3 is 2.83 bits per heavy atom. The first-order valence-corrected chi connectivity index (χ1v) is 7.10. The summed E-state index contributed by atoms with van der Waals surface area (Å²) in [5.41, 5.74) is 2.62. The van der Waals surface area contributed by atoms with Crippen LogP contribution < -0.4 is 10.4 Å². The Hall–Kier alpha value is -3.00. The number of imidazole rings is 1. The van der Waals surface area contributed by atoms with Gasteiger partial charge in [0.2, 0.25) is 0 Å². The van der Waals surface area contributed by atoms with Crippen LogP contribution in [0.2, 0.25) is 0 Å². The molecule has 0 aliphatic heterocycles. The lowest BCUT2D eigenvalue weighted by Crippen LogP contribution is -2.15. The van der Waals surface area contributed by atoms with Crippen molar-refractivity contribution >= 4 is 11.0 Å². The number of nitrogens with zero attached hydrogens (tertiary/aromatic N) is 1. The zero-order valence-electron chi connectivity index (χ0n) is 12.8. The summed E-state index contributed by atoms with van der Waals surface area (Å²) < 4.78 is 20.4. The molecule has 5 heteroatoms. The molecule has 0 spiro atoms. The summed E-state index contributed by atoms with van der Waals surface area (Å²) in [4.78, 5) is 14.8. The number of benzene rings is 2. The van der Waals surface area contributed by atoms with Crippen LogP contribution in [0.5, 0.6) is 5.75 Å². The van der Waals surface area contributed by atoms with E-state index in [1.807, 2.05) is 18.2 Å². The molecule has 0 unspecified atom stereocenters. The standard InChI is InChI=1S/C18H15FN2O2/c1-3-4-9-21-16-7-5-12(10-15(16)20-18(21)22)14-11-13(19)6-8-17(14)23-2/h5-8,10-11H,9H2,1-2H3,(H,20,22). The summed E-state index contributed by atoms with van der Waals surface area (Å²) in [6, 6.07) is 9.82. The summed E-state index contributed by atoms with van der Waals surface area (Å²) in [6.45, 7) is 2.06. The highest BCUT2D eigenvalue weighted by molar-refractivity contribution is 5.83. The predicted octanol–water partition coefficient (Wildman–Crippen LogP) is 3.17. The third-order valence-corrected chi connectivity index (χ3v) is 3.66. The zero-order chi connectivity index (χ0) is 16.4. The molecule has 1 N–H and O–H groups in total. The molecule has 0 saturated carbocycles. The SMILES string of the molecule is CC#CCn1c(=O)[nH]c2cc(-c3cc(F)ccc3OC)ccc21. The highest BCUT2D eigenvalue weighted by atomic mass is 19.1. The molecule has 0 fully saturated rings. The van der Waals surface area contributed by atoms with Gasteiger partial charge in [-0.25, -0.2) is 9.18 Å². The first-order chi connectivity index (χ1) is 11.1. The average Bonchev–Trinajstić information content (AvgIpc) is 2.87. The second-order valence-electron chi connectivity index (χ2n) is 5.02. The minimum atomic E-state index is -0.342. The van der Waals surface area contributed by atoms with E-state index in [2.05, 4.69) is 16.8 Å². The Bertz CT molecular complexity index is 990. The number of hydrogen-bond donors (Lipinski definition) is 1. The van der Waals surface area contributed by atoms with E-state index in [4.69, 9.17) is 4.74 Å². The summed E-state index contributed by atoms with van der Waals surface area (Å²) >= 11 is 0. The number of methoxy groups -OCH3 is 1. The molecule has 0 radical (unpaired) electrons. The molecule has 0 aliphatic carbocycles. The van der Waals surface area contributed by atoms with Crippen molar-refractivity contribution < 1.29 is 9.13 Å². The first-order valence-electron chi connectivity index (χ1n) is 7.10. The molecule has 0 atom stereocenters. The van der Waals surface area contributed by atoms with Gasteiger partial charge < -0.3 is 9.72 Å². The summed E-state index contributed by atoms with van der Waals surface area (Å²) in [5, 5.41) is 0. The third kappa shape index (κ3) is 2.71. The lowest BCUT2D eigenvalue weighted by atomic mass is 10.0. The Balaban J connectivity index is 2.16. The van der Waals surface area contributed by atoms with Gasteiger partial charge in [-0.2, -0.15) is 0 Å². The van der Waals surface area contributed by atoms with Crippen molar-refractivity contribution in [1.82, 2.24) is 9.55 Å². The second-order valence-corrected chi connectivity index (χ2v) is 5.02. The van der Waals surface area contributed by atoms with Gasteiger partial charge in [0.1, 0.15) is 11.6 Å². The molecule has 3 rings (SSSR count). The Kier molecular flexibility index (Phi) is 3.90. The summed E-state index contributed by atoms with van der Waals surface area (Å²) in [5.74, 6) is 5.88. The van der Waals surface area contributed by atoms with E-state index in [9.17, 15) is 9.18 Å². The van der Waals surface area contributed by atoms with Crippen molar-refractivity contribution in [1.29, 1.82) is 0 Å². The van der Waals surface area contributed by atoms with Crippen LogP contribution in [0.4, 0.5) is 4.39 Å². The number of nitrogens with one attached hydrogen (secondary N) is 1. The quantitative estimate of drug-likeness (QED) is 0.755. The molecule has 4 nitrogen and oxygen atoms in total. The molecule has 23 heavy (non-hydrogen) atoms. The van der Waals surface area contributed by atoms with Crippen LogP contribution in [0.1, 0.15) is 6.92 Å². The molecule has 0 aliphatic rings. The normalized spacial score (nSPS) is 10.4. The third-order valence-electron chi connectivity index (χ3n) is 3.66. The van der Waals surface area contributed by atoms with Crippen molar-refractivity contribution in [2.45, 2.75) is 13.5 Å². The first kappa shape index (κ1) is 14.9. The van der Waals surface area contributed by atoms with Gasteiger partial charge in [0.15, 0.2) is 0 Å². The van der Waals surface area contributed by atoms with Gasteiger partial charge in [-0.05, 0) is 42.8 Å². The van der Waals surface area contributed by atoms with E-state index in [0.717, 1.165) is 11.1 Å². The van der Waals surface area contributed by atoms with Gasteiger partial charge in [-0.1, -0.05) is 12.0 Å². The fourth-order valence-corrected chi connectivity index (χ4v) is 2.55. The highest BCUT2D eigenvalue weighted by Crippen LogP contribution is 2.32. The summed E-state index contributed by atoms with van der Waals surface area (Å²) in [7, 11) is 1.54. The monoisotopic (exact) mass is 310 g/mol.